The number of phosphoric acid groups is 2. The second-order valence-corrected chi connectivity index (χ2v) is 31.1. The number of phosphoric ester groups is 2. The zero-order chi connectivity index (χ0) is 79.4. The van der Waals surface area contributed by atoms with Crippen molar-refractivity contribution in [3.8, 4) is 0 Å². The number of hydrogen-bond donors (Lipinski definition) is 4. The number of ether oxygens (including phenoxy) is 3. The summed E-state index contributed by atoms with van der Waals surface area (Å²) in [5.74, 6) is -1.60. The Morgan fingerprint density at radius 3 is 0.771 bits per heavy atom. The monoisotopic (exact) mass is 1570 g/mol. The first-order valence-electron chi connectivity index (χ1n) is 42.8. The molecule has 0 bridgehead atoms. The van der Waals surface area contributed by atoms with E-state index < -0.39 is 91.5 Å². The van der Waals surface area contributed by atoms with Crippen LogP contribution in [0.3, 0.4) is 0 Å². The van der Waals surface area contributed by atoms with Gasteiger partial charge < -0.3 is 34.2 Å². The fraction of sp³-hybridized carbons (Fsp3) is 0.681. The molecule has 5 unspecified atom stereocenters. The second-order valence-electron chi connectivity index (χ2n) is 28.2. The Labute approximate surface area is 663 Å². The minimum absolute atomic E-state index is 0.0869. The number of unbranched alkanes of at least 4 members (excludes halogenated alkanes) is 31. The Morgan fingerprint density at radius 2 is 0.486 bits per heavy atom. The summed E-state index contributed by atoms with van der Waals surface area (Å²) in [5, 5.41) is 20.7. The van der Waals surface area contributed by atoms with E-state index in [2.05, 4.69) is 179 Å². The van der Waals surface area contributed by atoms with Gasteiger partial charge in [-0.3, -0.25) is 32.5 Å². The molecule has 0 aromatic carbocycles. The third-order valence-corrected chi connectivity index (χ3v) is 19.6. The first kappa shape index (κ1) is 104. The summed E-state index contributed by atoms with van der Waals surface area (Å²) in [6.45, 7) is 2.43. The van der Waals surface area contributed by atoms with Crippen molar-refractivity contribution in [1.29, 1.82) is 0 Å². The van der Waals surface area contributed by atoms with Crippen LogP contribution in [-0.4, -0.2) is 95.9 Å². The third-order valence-electron chi connectivity index (χ3n) is 17.7. The number of aliphatic hydroxyl groups excluding tert-OH is 2. The summed E-state index contributed by atoms with van der Waals surface area (Å²) >= 11 is 0. The molecular formula is C91H154O16P2. The van der Waals surface area contributed by atoms with Crippen molar-refractivity contribution < 1.29 is 75.8 Å². The van der Waals surface area contributed by atoms with Crippen molar-refractivity contribution in [3.63, 3.8) is 0 Å². The summed E-state index contributed by atoms with van der Waals surface area (Å²) in [4.78, 5) is 58.8. The number of allylic oxidation sites excluding steroid dienone is 26. The van der Waals surface area contributed by atoms with Crippen molar-refractivity contribution in [2.45, 2.75) is 360 Å². The molecule has 18 heteroatoms. The van der Waals surface area contributed by atoms with Crippen LogP contribution in [0.5, 0.6) is 0 Å². The molecule has 0 aromatic rings. The first-order chi connectivity index (χ1) is 53.2. The SMILES string of the molecule is CC/C=C\C/C=C\C/C=C\C/C=C\C/C=C\C/C=C\CCCCCCCCCCC(=O)OCC(COP(=O)(O)OCC(O)COP(=O)(O)OCC(O)COC(=O)CCCCCCCCCCCCCCC/C=C\C/C=C\C/C=C\C/C=C\CCCCC)OC(=O)CCCCCCCCC/C=C\C/C=C\C/C=C\CC. The van der Waals surface area contributed by atoms with Crippen molar-refractivity contribution >= 4 is 33.6 Å². The van der Waals surface area contributed by atoms with Crippen LogP contribution in [0.4, 0.5) is 0 Å². The van der Waals surface area contributed by atoms with Crippen molar-refractivity contribution in [2.75, 3.05) is 39.6 Å². The summed E-state index contributed by atoms with van der Waals surface area (Å²) in [6, 6.07) is 0. The maximum atomic E-state index is 13.0. The van der Waals surface area contributed by atoms with Gasteiger partial charge >= 0.3 is 33.6 Å². The minimum atomic E-state index is -4.94. The van der Waals surface area contributed by atoms with Gasteiger partial charge in [-0.15, -0.1) is 0 Å². The summed E-state index contributed by atoms with van der Waals surface area (Å²) in [6.07, 6.45) is 104. The number of carbonyl (C=O) groups excluding carboxylic acids is 3. The van der Waals surface area contributed by atoms with Crippen LogP contribution in [-0.2, 0) is 55.8 Å². The Hall–Kier alpha value is -4.83. The molecule has 0 aliphatic rings. The molecule has 0 radical (unpaired) electrons. The number of hydrogen-bond acceptors (Lipinski definition) is 14. The molecule has 0 fully saturated rings. The predicted molar refractivity (Wildman–Crippen MR) is 454 cm³/mol. The zero-order valence-corrected chi connectivity index (χ0v) is 70.2. The molecule has 109 heavy (non-hydrogen) atoms. The molecule has 0 aliphatic heterocycles. The number of esters is 3. The first-order valence-corrected chi connectivity index (χ1v) is 45.8. The van der Waals surface area contributed by atoms with Gasteiger partial charge in [0.05, 0.1) is 26.4 Å². The van der Waals surface area contributed by atoms with Gasteiger partial charge in [0.2, 0.25) is 0 Å². The van der Waals surface area contributed by atoms with E-state index in [4.69, 9.17) is 32.3 Å². The van der Waals surface area contributed by atoms with Crippen LogP contribution in [0.15, 0.2) is 158 Å². The lowest BCUT2D eigenvalue weighted by Gasteiger charge is -2.21. The lowest BCUT2D eigenvalue weighted by molar-refractivity contribution is -0.161. The Balaban J connectivity index is 4.59. The van der Waals surface area contributed by atoms with E-state index in [1.165, 1.54) is 96.3 Å². The maximum Gasteiger partial charge on any atom is 0.472 e. The van der Waals surface area contributed by atoms with Crippen molar-refractivity contribution in [1.82, 2.24) is 0 Å². The molecule has 0 heterocycles. The lowest BCUT2D eigenvalue weighted by Crippen LogP contribution is -2.30. The van der Waals surface area contributed by atoms with E-state index in [1.54, 1.807) is 0 Å². The average molecular weight is 1570 g/mol. The van der Waals surface area contributed by atoms with Crippen LogP contribution in [0.2, 0.25) is 0 Å². The van der Waals surface area contributed by atoms with Crippen LogP contribution in [0, 0.1) is 0 Å². The van der Waals surface area contributed by atoms with Gasteiger partial charge in [0, 0.05) is 19.3 Å². The third kappa shape index (κ3) is 83.9. The molecule has 624 valence electrons. The summed E-state index contributed by atoms with van der Waals surface area (Å²) in [7, 11) is -9.81. The van der Waals surface area contributed by atoms with E-state index in [-0.39, 0.29) is 19.3 Å². The minimum Gasteiger partial charge on any atom is -0.463 e. The number of rotatable bonds is 80. The standard InChI is InChI=1S/C91H154O16P2/c1-4-7-10-13-16-19-22-25-28-31-33-35-37-39-41-42-44-46-47-49-51-54-56-59-62-65-68-71-74-77-89(94)101-80-86(92)81-103-108(97,98)104-82-87(93)83-105-109(99,100)106-85-88(107-91(96)79-76-73-70-67-64-61-58-53-30-27-24-21-18-15-12-9-6-3)84-102-90(95)78-75-72-69-66-63-60-57-55-52-50-48-45-43-40-38-36-34-32-29-26-23-20-17-14-11-8-5-2/h8-9,11-12,16-21,25-30,33-36,39-41,43,48,50,86-88,92-93H,4-7,10,13-15,22-24,31-32,37-38,42,44-47,49,51-85H2,1-3H3,(H,97,98)(H,99,100)/b11-8-,12-9-,19-16-,20-17-,21-18-,28-25-,29-26-,30-27-,35-33-,36-34-,41-39-,43-40-,50-48-. The predicted octanol–water partition coefficient (Wildman–Crippen LogP) is 25.8. The lowest BCUT2D eigenvalue weighted by atomic mass is 10.0. The molecule has 0 amide bonds. The Morgan fingerprint density at radius 1 is 0.266 bits per heavy atom. The van der Waals surface area contributed by atoms with Gasteiger partial charge in [-0.05, 0) is 148 Å². The Kier molecular flexibility index (Phi) is 79.0. The summed E-state index contributed by atoms with van der Waals surface area (Å²) < 4.78 is 61.3. The highest BCUT2D eigenvalue weighted by molar-refractivity contribution is 7.47. The smallest absolute Gasteiger partial charge is 0.463 e. The van der Waals surface area contributed by atoms with Crippen molar-refractivity contribution in [2.24, 2.45) is 0 Å². The van der Waals surface area contributed by atoms with Crippen LogP contribution in [0.25, 0.3) is 0 Å². The summed E-state index contributed by atoms with van der Waals surface area (Å²) in [5.41, 5.74) is 0. The van der Waals surface area contributed by atoms with E-state index in [0.29, 0.717) is 19.3 Å². The highest BCUT2D eigenvalue weighted by Crippen LogP contribution is 2.45. The van der Waals surface area contributed by atoms with Crippen LogP contribution < -0.4 is 0 Å². The van der Waals surface area contributed by atoms with E-state index in [1.807, 2.05) is 0 Å². The second kappa shape index (κ2) is 82.6. The molecule has 0 saturated heterocycles. The van der Waals surface area contributed by atoms with Crippen molar-refractivity contribution in [3.05, 3.63) is 158 Å². The molecule has 0 aromatic heterocycles. The molecule has 16 nitrogen and oxygen atoms in total. The van der Waals surface area contributed by atoms with Gasteiger partial charge in [-0.25, -0.2) is 9.13 Å². The maximum absolute atomic E-state index is 13.0. The topological polar surface area (TPSA) is 231 Å². The fourth-order valence-electron chi connectivity index (χ4n) is 11.3. The molecule has 5 atom stereocenters. The zero-order valence-electron chi connectivity index (χ0n) is 68.4. The highest BCUT2D eigenvalue weighted by atomic mass is 31.2. The van der Waals surface area contributed by atoms with Gasteiger partial charge in [0.1, 0.15) is 25.4 Å². The quantitative estimate of drug-likeness (QED) is 0.0146. The van der Waals surface area contributed by atoms with Gasteiger partial charge in [-0.1, -0.05) is 333 Å². The molecule has 0 saturated carbocycles. The molecule has 0 aliphatic carbocycles. The largest absolute Gasteiger partial charge is 0.472 e. The number of carbonyl (C=O) groups is 3. The van der Waals surface area contributed by atoms with E-state index in [9.17, 15) is 43.5 Å². The Bertz CT molecular complexity index is 2610. The normalized spacial score (nSPS) is 14.7. The van der Waals surface area contributed by atoms with Crippen LogP contribution in [0.1, 0.15) is 342 Å². The molecular weight excluding hydrogens is 1410 g/mol. The van der Waals surface area contributed by atoms with Gasteiger partial charge in [0.15, 0.2) is 6.10 Å². The van der Waals surface area contributed by atoms with Gasteiger partial charge in [0.25, 0.3) is 0 Å². The molecule has 4 N–H and O–H groups in total. The number of aliphatic hydroxyl groups is 2. The van der Waals surface area contributed by atoms with E-state index >= 15 is 0 Å². The average Bonchev–Trinajstić information content (AvgIpc) is 0.960. The van der Waals surface area contributed by atoms with Gasteiger partial charge in [-0.2, -0.15) is 0 Å². The molecule has 0 rings (SSSR count). The fourth-order valence-corrected chi connectivity index (χ4v) is 12.9. The highest BCUT2D eigenvalue weighted by Gasteiger charge is 2.29. The van der Waals surface area contributed by atoms with Crippen LogP contribution >= 0.6 is 15.6 Å². The van der Waals surface area contributed by atoms with E-state index in [0.717, 1.165) is 186 Å². The molecule has 0 spiro atoms.